The lowest BCUT2D eigenvalue weighted by atomic mass is 9.33. The van der Waals surface area contributed by atoms with Gasteiger partial charge < -0.3 is 14.7 Å². The van der Waals surface area contributed by atoms with Crippen molar-refractivity contribution in [1.82, 2.24) is 0 Å². The van der Waals surface area contributed by atoms with Crippen LogP contribution in [-0.4, -0.2) is 6.71 Å². The van der Waals surface area contributed by atoms with E-state index in [1.807, 2.05) is 0 Å². The predicted molar refractivity (Wildman–Crippen MR) is 380 cm³/mol. The third kappa shape index (κ3) is 6.70. The van der Waals surface area contributed by atoms with E-state index in [2.05, 4.69) is 325 Å². The second-order valence-corrected chi connectivity index (χ2v) is 28.4. The third-order valence-electron chi connectivity index (χ3n) is 22.4. The first kappa shape index (κ1) is 51.8. The smallest absolute Gasteiger partial charge is 0.252 e. The van der Waals surface area contributed by atoms with Gasteiger partial charge in [0, 0.05) is 66.6 Å². The van der Waals surface area contributed by atoms with Crippen molar-refractivity contribution < 1.29 is 0 Å². The summed E-state index contributed by atoms with van der Waals surface area (Å²) in [6, 6.07) is 98.7. The van der Waals surface area contributed by atoms with Gasteiger partial charge in [0.2, 0.25) is 0 Å². The van der Waals surface area contributed by atoms with Gasteiger partial charge in [0.15, 0.2) is 0 Å². The molecule has 0 fully saturated rings. The molecule has 4 aliphatic carbocycles. The van der Waals surface area contributed by atoms with Crippen molar-refractivity contribution in [1.29, 1.82) is 0 Å². The molecule has 0 atom stereocenters. The van der Waals surface area contributed by atoms with Gasteiger partial charge in [-0.15, -0.1) is 0 Å². The summed E-state index contributed by atoms with van der Waals surface area (Å²) in [6.07, 6.45) is 0. The summed E-state index contributed by atoms with van der Waals surface area (Å²) in [6.45, 7) is 19.2. The minimum atomic E-state index is -0.237. The first-order valence-corrected chi connectivity index (χ1v) is 32.3. The summed E-state index contributed by atoms with van der Waals surface area (Å²) < 4.78 is 0. The number of hydrogen-bond acceptors (Lipinski definition) is 3. The van der Waals surface area contributed by atoms with Crippen LogP contribution >= 0.6 is 0 Å². The molecule has 428 valence electrons. The molecule has 0 radical (unpaired) electrons. The van der Waals surface area contributed by atoms with Gasteiger partial charge in [-0.25, -0.2) is 0 Å². The van der Waals surface area contributed by atoms with Gasteiger partial charge in [0.05, 0.1) is 17.1 Å². The van der Waals surface area contributed by atoms with E-state index in [9.17, 15) is 0 Å². The Balaban J connectivity index is 0.988. The minimum Gasteiger partial charge on any atom is -0.311 e. The van der Waals surface area contributed by atoms with Gasteiger partial charge in [-0.1, -0.05) is 250 Å². The zero-order chi connectivity index (χ0) is 60.5. The number of rotatable bonds is 5. The highest BCUT2D eigenvalue weighted by molar-refractivity contribution is 7.00. The van der Waals surface area contributed by atoms with E-state index in [4.69, 9.17) is 0 Å². The summed E-state index contributed by atoms with van der Waals surface area (Å²) >= 11 is 0. The van der Waals surface area contributed by atoms with E-state index in [0.29, 0.717) is 0 Å². The normalized spacial score (nSPS) is 16.1. The second kappa shape index (κ2) is 17.8. The van der Waals surface area contributed by atoms with Crippen LogP contribution in [0.2, 0.25) is 0 Å². The Kier molecular flexibility index (Phi) is 10.3. The third-order valence-corrected chi connectivity index (χ3v) is 22.4. The van der Waals surface area contributed by atoms with E-state index < -0.39 is 0 Å². The molecule has 0 aromatic heterocycles. The fraction of sp³-hybridized carbons (Fsp3) is 0.140. The molecule has 2 aliphatic heterocycles. The van der Waals surface area contributed by atoms with Crippen molar-refractivity contribution in [3.05, 3.63) is 299 Å². The highest BCUT2D eigenvalue weighted by Crippen LogP contribution is 2.59. The molecular formula is C86H66BN3. The van der Waals surface area contributed by atoms with Crippen LogP contribution < -0.4 is 31.1 Å². The van der Waals surface area contributed by atoms with Crippen LogP contribution in [-0.2, 0) is 21.7 Å². The summed E-state index contributed by atoms with van der Waals surface area (Å²) in [7, 11) is 0. The van der Waals surface area contributed by atoms with Crippen LogP contribution in [0.5, 0.6) is 0 Å². The van der Waals surface area contributed by atoms with Gasteiger partial charge >= 0.3 is 0 Å². The SMILES string of the molecule is CC1(C)c2ccccc2-c2cc(N3c4cc5c(cc4B4c6cc7c(cc6N(c6ccc8c(c6)-c6ccccc6C8(C)C)c6cc(N(c8cccc9ccccc89)c8cccc9ccccc89)cc3c64)-c3ccccc3C7(C)C)C(C)(C)c3ccccc3-5)ccc21. The molecule has 19 rings (SSSR count). The van der Waals surface area contributed by atoms with Crippen LogP contribution in [0.4, 0.5) is 51.2 Å². The molecule has 0 saturated heterocycles. The van der Waals surface area contributed by atoms with Gasteiger partial charge in [0.1, 0.15) is 0 Å². The Hall–Kier alpha value is -10.2. The molecular weight excluding hydrogens is 1090 g/mol. The number of benzene rings is 13. The van der Waals surface area contributed by atoms with E-state index in [1.165, 1.54) is 150 Å². The topological polar surface area (TPSA) is 9.72 Å². The van der Waals surface area contributed by atoms with Crippen LogP contribution in [0.3, 0.4) is 0 Å². The van der Waals surface area contributed by atoms with Crippen LogP contribution in [0, 0.1) is 0 Å². The Bertz CT molecular complexity index is 5030. The van der Waals surface area contributed by atoms with Crippen molar-refractivity contribution >= 4 is 95.8 Å². The standard InChI is InChI=1S/C86H66BN3/c1-83(2)66-33-17-13-29-58(66)62-43-53(39-41-70(62)83)88-78-47-64-60-31-15-19-35-68(60)85(5,6)72(64)49-74(78)87-75-50-73-65(61-32-16-20-36-69(61)86(73,7)8)48-79(75)89(54-40-42-71-63(44-54)59-30-14-18-34-67(59)84(71,3)4)81-46-55(45-80(88)82(81)87)90(76-37-21-25-51-23-9-11-27-56(51)76)77-38-22-26-52-24-10-12-28-57(52)77/h9-50H,1-8H3. The fourth-order valence-corrected chi connectivity index (χ4v) is 18.0. The second-order valence-electron chi connectivity index (χ2n) is 28.4. The van der Waals surface area contributed by atoms with Crippen molar-refractivity contribution in [3.63, 3.8) is 0 Å². The maximum absolute atomic E-state index is 2.69. The Morgan fingerprint density at radius 1 is 0.278 bits per heavy atom. The molecule has 0 unspecified atom stereocenters. The number of nitrogens with zero attached hydrogens (tertiary/aromatic N) is 3. The highest BCUT2D eigenvalue weighted by Gasteiger charge is 2.49. The predicted octanol–water partition coefficient (Wildman–Crippen LogP) is 20.8. The van der Waals surface area contributed by atoms with E-state index in [1.54, 1.807) is 0 Å². The minimum absolute atomic E-state index is 0.150. The Morgan fingerprint density at radius 2 is 0.611 bits per heavy atom. The molecule has 13 aromatic rings. The average molecular weight is 1150 g/mol. The first-order chi connectivity index (χ1) is 43.7. The fourth-order valence-electron chi connectivity index (χ4n) is 18.0. The quantitative estimate of drug-likeness (QED) is 0.159. The van der Waals surface area contributed by atoms with Crippen molar-refractivity contribution in [2.24, 2.45) is 0 Å². The number of anilines is 9. The maximum Gasteiger partial charge on any atom is 0.252 e. The van der Waals surface area contributed by atoms with E-state index in [-0.39, 0.29) is 28.4 Å². The molecule has 13 aromatic carbocycles. The van der Waals surface area contributed by atoms with Crippen LogP contribution in [0.25, 0.3) is 66.1 Å². The lowest BCUT2D eigenvalue weighted by Gasteiger charge is -2.46. The maximum atomic E-state index is 2.69. The zero-order valence-corrected chi connectivity index (χ0v) is 52.2. The molecule has 2 heterocycles. The van der Waals surface area contributed by atoms with Crippen LogP contribution in [0.1, 0.15) is 99.9 Å². The Labute approximate surface area is 528 Å². The summed E-state index contributed by atoms with van der Waals surface area (Å²) in [5, 5.41) is 4.77. The molecule has 6 aliphatic rings. The molecule has 3 nitrogen and oxygen atoms in total. The van der Waals surface area contributed by atoms with Gasteiger partial charge in [0.25, 0.3) is 6.71 Å². The lowest BCUT2D eigenvalue weighted by molar-refractivity contribution is 0.660. The monoisotopic (exact) mass is 1150 g/mol. The zero-order valence-electron chi connectivity index (χ0n) is 52.2. The lowest BCUT2D eigenvalue weighted by Crippen LogP contribution is -2.61. The summed E-state index contributed by atoms with van der Waals surface area (Å²) in [4.78, 5) is 7.97. The van der Waals surface area contributed by atoms with E-state index >= 15 is 0 Å². The summed E-state index contributed by atoms with van der Waals surface area (Å²) in [5.41, 5.74) is 35.0. The van der Waals surface area contributed by atoms with Gasteiger partial charge in [-0.2, -0.15) is 0 Å². The van der Waals surface area contributed by atoms with E-state index in [0.717, 1.165) is 28.4 Å². The Morgan fingerprint density at radius 3 is 1.02 bits per heavy atom. The largest absolute Gasteiger partial charge is 0.311 e. The molecule has 4 heteroatoms. The molecule has 0 saturated carbocycles. The molecule has 90 heavy (non-hydrogen) atoms. The first-order valence-electron chi connectivity index (χ1n) is 32.3. The summed E-state index contributed by atoms with van der Waals surface area (Å²) in [5.74, 6) is 0. The molecule has 0 amide bonds. The van der Waals surface area contributed by atoms with Crippen LogP contribution in [0.15, 0.2) is 255 Å². The number of fused-ring (bicyclic) bond motifs is 18. The molecule has 0 N–H and O–H groups in total. The molecule has 0 bridgehead atoms. The van der Waals surface area contributed by atoms with Gasteiger partial charge in [-0.3, -0.25) is 0 Å². The number of hydrogen-bond donors (Lipinski definition) is 0. The van der Waals surface area contributed by atoms with Crippen molar-refractivity contribution in [3.8, 4) is 44.5 Å². The molecule has 0 spiro atoms. The highest BCUT2D eigenvalue weighted by atomic mass is 15.2. The van der Waals surface area contributed by atoms with Crippen molar-refractivity contribution in [2.75, 3.05) is 14.7 Å². The average Bonchev–Trinajstić information content (AvgIpc) is 1.03. The van der Waals surface area contributed by atoms with Gasteiger partial charge in [-0.05, 0) is 177 Å². The van der Waals surface area contributed by atoms with Crippen molar-refractivity contribution in [2.45, 2.75) is 77.0 Å².